The first-order valence-corrected chi connectivity index (χ1v) is 8.30. The molecule has 0 bridgehead atoms. The highest BCUT2D eigenvalue weighted by Crippen LogP contribution is 2.20. The van der Waals surface area contributed by atoms with E-state index in [1.165, 1.54) is 25.1 Å². The van der Waals surface area contributed by atoms with Crippen molar-refractivity contribution in [2.24, 2.45) is 0 Å². The van der Waals surface area contributed by atoms with Gasteiger partial charge in [-0.2, -0.15) is 0 Å². The molecule has 1 atom stereocenters. The molecule has 0 radical (unpaired) electrons. The van der Waals surface area contributed by atoms with Gasteiger partial charge < -0.3 is 10.1 Å². The van der Waals surface area contributed by atoms with Gasteiger partial charge in [0.1, 0.15) is 5.82 Å². The van der Waals surface area contributed by atoms with E-state index in [-0.39, 0.29) is 17.0 Å². The summed E-state index contributed by atoms with van der Waals surface area (Å²) >= 11 is 5.88. The number of aryl methyl sites for hydroxylation is 1. The van der Waals surface area contributed by atoms with Crippen molar-refractivity contribution in [2.45, 2.75) is 32.8 Å². The molecule has 0 aliphatic carbocycles. The topological polar surface area (TPSA) is 55.4 Å². The van der Waals surface area contributed by atoms with Crippen molar-refractivity contribution in [1.82, 2.24) is 0 Å². The second-order valence-corrected chi connectivity index (χ2v) is 5.96. The smallest absolute Gasteiger partial charge is 0.311 e. The molecule has 0 heterocycles. The highest BCUT2D eigenvalue weighted by atomic mass is 35.5. The fourth-order valence-electron chi connectivity index (χ4n) is 2.21. The zero-order valence-electron chi connectivity index (χ0n) is 14.0. The summed E-state index contributed by atoms with van der Waals surface area (Å²) in [6, 6.07) is 11.5. The van der Waals surface area contributed by atoms with E-state index in [1.807, 2.05) is 19.1 Å². The van der Waals surface area contributed by atoms with E-state index in [9.17, 15) is 14.0 Å². The predicted molar refractivity (Wildman–Crippen MR) is 95.1 cm³/mol. The standard InChI is InChI=1S/C19H19ClFNO3/c1-3-13-7-9-14(10-8-13)22-19(24)12(2)25-18(23)11-15-16(20)5-4-6-17(15)21/h4-10,12H,3,11H2,1-2H3,(H,22,24)/t12-/m1/s1. The molecule has 6 heteroatoms. The molecule has 0 spiro atoms. The van der Waals surface area contributed by atoms with E-state index >= 15 is 0 Å². The van der Waals surface area contributed by atoms with E-state index in [2.05, 4.69) is 5.32 Å². The Morgan fingerprint density at radius 2 is 1.88 bits per heavy atom. The van der Waals surface area contributed by atoms with Gasteiger partial charge in [0.2, 0.25) is 0 Å². The third-order valence-corrected chi connectivity index (χ3v) is 4.04. The Bertz CT molecular complexity index is 742. The number of carbonyl (C=O) groups excluding carboxylic acids is 2. The Morgan fingerprint density at radius 1 is 1.20 bits per heavy atom. The van der Waals surface area contributed by atoms with Crippen LogP contribution < -0.4 is 5.32 Å². The predicted octanol–water partition coefficient (Wildman–Crippen LogP) is 4.15. The Balaban J connectivity index is 1.92. The molecule has 0 aliphatic rings. The van der Waals surface area contributed by atoms with E-state index in [1.54, 1.807) is 12.1 Å². The molecule has 0 fully saturated rings. The average molecular weight is 364 g/mol. The van der Waals surface area contributed by atoms with Crippen LogP contribution in [0.4, 0.5) is 10.1 Å². The van der Waals surface area contributed by atoms with Crippen molar-refractivity contribution in [3.8, 4) is 0 Å². The van der Waals surface area contributed by atoms with Crippen LogP contribution >= 0.6 is 11.6 Å². The van der Waals surface area contributed by atoms with Crippen molar-refractivity contribution in [3.05, 3.63) is 64.4 Å². The van der Waals surface area contributed by atoms with Gasteiger partial charge in [0, 0.05) is 16.3 Å². The van der Waals surface area contributed by atoms with Crippen LogP contribution in [0.5, 0.6) is 0 Å². The van der Waals surface area contributed by atoms with Crippen molar-refractivity contribution in [3.63, 3.8) is 0 Å². The number of hydrogen-bond donors (Lipinski definition) is 1. The molecule has 1 N–H and O–H groups in total. The van der Waals surface area contributed by atoms with Crippen molar-refractivity contribution in [2.75, 3.05) is 5.32 Å². The number of ether oxygens (including phenoxy) is 1. The van der Waals surface area contributed by atoms with E-state index < -0.39 is 23.8 Å². The molecule has 1 amide bonds. The lowest BCUT2D eigenvalue weighted by molar-refractivity contribution is -0.152. The summed E-state index contributed by atoms with van der Waals surface area (Å²) < 4.78 is 18.8. The molecule has 0 aliphatic heterocycles. The van der Waals surface area contributed by atoms with Gasteiger partial charge in [-0.05, 0) is 43.2 Å². The number of halogens is 2. The zero-order chi connectivity index (χ0) is 18.4. The summed E-state index contributed by atoms with van der Waals surface area (Å²) in [5, 5.41) is 2.81. The van der Waals surface area contributed by atoms with E-state index in [0.717, 1.165) is 12.0 Å². The number of benzene rings is 2. The molecule has 0 saturated carbocycles. The summed E-state index contributed by atoms with van der Waals surface area (Å²) in [7, 11) is 0. The second kappa shape index (κ2) is 8.62. The maximum Gasteiger partial charge on any atom is 0.311 e. The Kier molecular flexibility index (Phi) is 6.53. The summed E-state index contributed by atoms with van der Waals surface area (Å²) in [5.74, 6) is -1.77. The zero-order valence-corrected chi connectivity index (χ0v) is 14.8. The molecular weight excluding hydrogens is 345 g/mol. The Labute approximate surface area is 150 Å². The molecular formula is C19H19ClFNO3. The molecule has 25 heavy (non-hydrogen) atoms. The number of carbonyl (C=O) groups is 2. The Hall–Kier alpha value is -2.40. The van der Waals surface area contributed by atoms with Crippen LogP contribution in [-0.2, 0) is 27.2 Å². The van der Waals surface area contributed by atoms with Crippen LogP contribution in [0.15, 0.2) is 42.5 Å². The van der Waals surface area contributed by atoms with E-state index in [0.29, 0.717) is 5.69 Å². The van der Waals surface area contributed by atoms with Gasteiger partial charge in [0.05, 0.1) is 6.42 Å². The molecule has 4 nitrogen and oxygen atoms in total. The number of esters is 1. The third-order valence-electron chi connectivity index (χ3n) is 3.69. The van der Waals surface area contributed by atoms with Gasteiger partial charge in [0.15, 0.2) is 6.10 Å². The molecule has 2 rings (SSSR count). The van der Waals surface area contributed by atoms with Crippen LogP contribution in [0.25, 0.3) is 0 Å². The number of amides is 1. The molecule has 0 unspecified atom stereocenters. The number of nitrogens with one attached hydrogen (secondary N) is 1. The third kappa shape index (κ3) is 5.29. The normalized spacial score (nSPS) is 11.7. The summed E-state index contributed by atoms with van der Waals surface area (Å²) in [4.78, 5) is 24.0. The SMILES string of the molecule is CCc1ccc(NC(=O)[C@@H](C)OC(=O)Cc2c(F)cccc2Cl)cc1. The summed E-state index contributed by atoms with van der Waals surface area (Å²) in [6.45, 7) is 3.49. The minimum absolute atomic E-state index is 0.0527. The van der Waals surface area contributed by atoms with Gasteiger partial charge in [-0.1, -0.05) is 36.7 Å². The quantitative estimate of drug-likeness (QED) is 0.784. The Morgan fingerprint density at radius 3 is 2.48 bits per heavy atom. The second-order valence-electron chi connectivity index (χ2n) is 5.55. The van der Waals surface area contributed by atoms with E-state index in [4.69, 9.17) is 16.3 Å². The van der Waals surface area contributed by atoms with Gasteiger partial charge >= 0.3 is 5.97 Å². The van der Waals surface area contributed by atoms with Crippen molar-refractivity contribution in [1.29, 1.82) is 0 Å². The molecule has 0 saturated heterocycles. The van der Waals surface area contributed by atoms with Crippen molar-refractivity contribution < 1.29 is 18.7 Å². The lowest BCUT2D eigenvalue weighted by atomic mass is 10.1. The van der Waals surface area contributed by atoms with Crippen molar-refractivity contribution >= 4 is 29.2 Å². The molecule has 0 aromatic heterocycles. The van der Waals surface area contributed by atoms with Crippen LogP contribution in [0.3, 0.4) is 0 Å². The van der Waals surface area contributed by atoms with Crippen LogP contribution in [0.2, 0.25) is 5.02 Å². The summed E-state index contributed by atoms with van der Waals surface area (Å²) in [6.07, 6.45) is -0.446. The summed E-state index contributed by atoms with van der Waals surface area (Å²) in [5.41, 5.74) is 1.82. The highest BCUT2D eigenvalue weighted by Gasteiger charge is 2.20. The fourth-order valence-corrected chi connectivity index (χ4v) is 2.44. The molecule has 2 aromatic carbocycles. The lowest BCUT2D eigenvalue weighted by Gasteiger charge is -2.14. The maximum atomic E-state index is 13.7. The first kappa shape index (κ1) is 18.9. The largest absolute Gasteiger partial charge is 0.452 e. The number of hydrogen-bond acceptors (Lipinski definition) is 3. The van der Waals surface area contributed by atoms with Crippen LogP contribution in [0.1, 0.15) is 25.0 Å². The monoisotopic (exact) mass is 363 g/mol. The molecule has 132 valence electrons. The van der Waals surface area contributed by atoms with Gasteiger partial charge in [-0.25, -0.2) is 4.39 Å². The van der Waals surface area contributed by atoms with Gasteiger partial charge in [0.25, 0.3) is 5.91 Å². The van der Waals surface area contributed by atoms with Crippen LogP contribution in [0, 0.1) is 5.82 Å². The lowest BCUT2D eigenvalue weighted by Crippen LogP contribution is -2.30. The first-order chi connectivity index (χ1) is 11.9. The molecule has 2 aromatic rings. The minimum Gasteiger partial charge on any atom is -0.452 e. The first-order valence-electron chi connectivity index (χ1n) is 7.93. The fraction of sp³-hybridized carbons (Fsp3) is 0.263. The highest BCUT2D eigenvalue weighted by molar-refractivity contribution is 6.31. The maximum absolute atomic E-state index is 13.7. The average Bonchev–Trinajstić information content (AvgIpc) is 2.59. The minimum atomic E-state index is -1.01. The van der Waals surface area contributed by atoms with Gasteiger partial charge in [-0.15, -0.1) is 0 Å². The number of rotatable bonds is 6. The van der Waals surface area contributed by atoms with Gasteiger partial charge in [-0.3, -0.25) is 9.59 Å². The number of anilines is 1. The van der Waals surface area contributed by atoms with Crippen LogP contribution in [-0.4, -0.2) is 18.0 Å².